The topological polar surface area (TPSA) is 47.0 Å². The summed E-state index contributed by atoms with van der Waals surface area (Å²) in [6.45, 7) is 7.79. The van der Waals surface area contributed by atoms with E-state index in [1.54, 1.807) is 0 Å². The molecule has 0 aliphatic rings. The molecule has 0 radical (unpaired) electrons. The maximum Gasteiger partial charge on any atom is 0.148 e. The first-order valence-corrected chi connectivity index (χ1v) is 5.84. The van der Waals surface area contributed by atoms with E-state index in [0.29, 0.717) is 6.10 Å². The molecular formula is C12H21N3O. The summed E-state index contributed by atoms with van der Waals surface area (Å²) >= 11 is 0. The Balaban J connectivity index is 2.05. The fraction of sp³-hybridized carbons (Fsp3) is 0.667. The molecule has 1 rings (SSSR count). The molecule has 0 aromatic carbocycles. The van der Waals surface area contributed by atoms with Crippen molar-refractivity contribution in [1.82, 2.24) is 10.2 Å². The molecule has 0 aliphatic carbocycles. The van der Waals surface area contributed by atoms with Crippen molar-refractivity contribution in [2.75, 3.05) is 18.5 Å². The van der Waals surface area contributed by atoms with E-state index in [4.69, 9.17) is 4.74 Å². The van der Waals surface area contributed by atoms with Gasteiger partial charge >= 0.3 is 0 Å². The molecule has 0 saturated carbocycles. The summed E-state index contributed by atoms with van der Waals surface area (Å²) < 4.78 is 5.45. The van der Waals surface area contributed by atoms with Gasteiger partial charge in [0.25, 0.3) is 0 Å². The summed E-state index contributed by atoms with van der Waals surface area (Å²) in [6, 6.07) is 3.91. The third kappa shape index (κ3) is 5.66. The van der Waals surface area contributed by atoms with Crippen LogP contribution in [0.1, 0.15) is 32.4 Å². The highest BCUT2D eigenvalue weighted by Gasteiger charge is 1.95. The van der Waals surface area contributed by atoms with Crippen LogP contribution in [-0.4, -0.2) is 29.5 Å². The second-order valence-electron chi connectivity index (χ2n) is 4.11. The second kappa shape index (κ2) is 7.17. The normalized spacial score (nSPS) is 10.8. The van der Waals surface area contributed by atoms with Gasteiger partial charge in [0.1, 0.15) is 5.82 Å². The molecular weight excluding hydrogens is 202 g/mol. The molecule has 90 valence electrons. The number of aromatic nitrogens is 2. The van der Waals surface area contributed by atoms with Crippen LogP contribution < -0.4 is 5.32 Å². The van der Waals surface area contributed by atoms with E-state index in [0.717, 1.165) is 37.5 Å². The Bertz CT molecular complexity index is 285. The molecule has 0 atom stereocenters. The van der Waals surface area contributed by atoms with Crippen molar-refractivity contribution in [2.24, 2.45) is 0 Å². The zero-order valence-electron chi connectivity index (χ0n) is 10.4. The van der Waals surface area contributed by atoms with Gasteiger partial charge in [-0.3, -0.25) is 0 Å². The third-order valence-electron chi connectivity index (χ3n) is 2.13. The molecule has 0 unspecified atom stereocenters. The Morgan fingerprint density at radius 1 is 1.25 bits per heavy atom. The van der Waals surface area contributed by atoms with Crippen molar-refractivity contribution in [1.29, 1.82) is 0 Å². The van der Waals surface area contributed by atoms with Crippen molar-refractivity contribution < 1.29 is 4.74 Å². The summed E-state index contributed by atoms with van der Waals surface area (Å²) in [6.07, 6.45) is 2.49. The van der Waals surface area contributed by atoms with E-state index >= 15 is 0 Å². The standard InChI is InChI=1S/C12H21N3O/c1-10(2)16-9-5-4-8-13-12-7-6-11(3)14-15-12/h6-7,10H,4-5,8-9H2,1-3H3,(H,13,15). The number of aryl methyl sites for hydroxylation is 1. The van der Waals surface area contributed by atoms with Gasteiger partial charge in [-0.2, -0.15) is 5.10 Å². The Kier molecular flexibility index (Phi) is 5.78. The molecule has 0 amide bonds. The fourth-order valence-electron chi connectivity index (χ4n) is 1.26. The maximum atomic E-state index is 5.45. The number of nitrogens with zero attached hydrogens (tertiary/aromatic N) is 2. The Hall–Kier alpha value is -1.16. The molecule has 1 aromatic rings. The zero-order chi connectivity index (χ0) is 11.8. The predicted octanol–water partition coefficient (Wildman–Crippen LogP) is 2.40. The first-order valence-electron chi connectivity index (χ1n) is 5.84. The van der Waals surface area contributed by atoms with Crippen LogP contribution in [0.4, 0.5) is 5.82 Å². The molecule has 4 heteroatoms. The smallest absolute Gasteiger partial charge is 0.148 e. The first-order chi connectivity index (χ1) is 7.68. The molecule has 0 fully saturated rings. The second-order valence-corrected chi connectivity index (χ2v) is 4.11. The van der Waals surface area contributed by atoms with Gasteiger partial charge in [0.15, 0.2) is 0 Å². The average Bonchev–Trinajstić information content (AvgIpc) is 2.25. The van der Waals surface area contributed by atoms with Gasteiger partial charge < -0.3 is 10.1 Å². The first kappa shape index (κ1) is 12.9. The summed E-state index contributed by atoms with van der Waals surface area (Å²) in [7, 11) is 0. The lowest BCUT2D eigenvalue weighted by Crippen LogP contribution is -2.08. The number of rotatable bonds is 7. The maximum absolute atomic E-state index is 5.45. The Morgan fingerprint density at radius 3 is 2.69 bits per heavy atom. The Morgan fingerprint density at radius 2 is 2.06 bits per heavy atom. The van der Waals surface area contributed by atoms with Crippen LogP contribution in [0.2, 0.25) is 0 Å². The molecule has 0 spiro atoms. The minimum Gasteiger partial charge on any atom is -0.379 e. The minimum atomic E-state index is 0.330. The number of hydrogen-bond donors (Lipinski definition) is 1. The van der Waals surface area contributed by atoms with Gasteiger partial charge in [-0.25, -0.2) is 0 Å². The lowest BCUT2D eigenvalue weighted by atomic mass is 10.3. The quantitative estimate of drug-likeness (QED) is 0.721. The van der Waals surface area contributed by atoms with Gasteiger partial charge in [-0.15, -0.1) is 5.10 Å². The van der Waals surface area contributed by atoms with Crippen LogP contribution >= 0.6 is 0 Å². The largest absolute Gasteiger partial charge is 0.379 e. The van der Waals surface area contributed by atoms with Gasteiger partial charge in [0.05, 0.1) is 11.8 Å². The summed E-state index contributed by atoms with van der Waals surface area (Å²) in [5.41, 5.74) is 0.941. The molecule has 16 heavy (non-hydrogen) atoms. The van der Waals surface area contributed by atoms with Gasteiger partial charge in [0, 0.05) is 13.2 Å². The van der Waals surface area contributed by atoms with Crippen LogP contribution in [0.5, 0.6) is 0 Å². The zero-order valence-corrected chi connectivity index (χ0v) is 10.4. The lowest BCUT2D eigenvalue weighted by molar-refractivity contribution is 0.0765. The molecule has 0 bridgehead atoms. The van der Waals surface area contributed by atoms with Gasteiger partial charge in [-0.05, 0) is 45.7 Å². The van der Waals surface area contributed by atoms with Crippen molar-refractivity contribution in [2.45, 2.75) is 39.7 Å². The summed E-state index contributed by atoms with van der Waals surface area (Å²) in [5, 5.41) is 11.2. The minimum absolute atomic E-state index is 0.330. The number of anilines is 1. The molecule has 0 saturated heterocycles. The number of hydrogen-bond acceptors (Lipinski definition) is 4. The molecule has 1 aromatic heterocycles. The third-order valence-corrected chi connectivity index (χ3v) is 2.13. The molecule has 1 heterocycles. The molecule has 4 nitrogen and oxygen atoms in total. The van der Waals surface area contributed by atoms with Crippen molar-refractivity contribution in [3.05, 3.63) is 17.8 Å². The van der Waals surface area contributed by atoms with E-state index < -0.39 is 0 Å². The van der Waals surface area contributed by atoms with E-state index in [1.807, 2.05) is 19.1 Å². The highest BCUT2D eigenvalue weighted by molar-refractivity contribution is 5.32. The molecule has 0 aliphatic heterocycles. The van der Waals surface area contributed by atoms with Crippen molar-refractivity contribution in [3.8, 4) is 0 Å². The number of nitrogens with one attached hydrogen (secondary N) is 1. The monoisotopic (exact) mass is 223 g/mol. The van der Waals surface area contributed by atoms with E-state index in [9.17, 15) is 0 Å². The highest BCUT2D eigenvalue weighted by Crippen LogP contribution is 2.01. The predicted molar refractivity (Wildman–Crippen MR) is 65.6 cm³/mol. The van der Waals surface area contributed by atoms with Crippen LogP contribution in [0, 0.1) is 6.92 Å². The van der Waals surface area contributed by atoms with Crippen molar-refractivity contribution >= 4 is 5.82 Å². The van der Waals surface area contributed by atoms with Crippen molar-refractivity contribution in [3.63, 3.8) is 0 Å². The van der Waals surface area contributed by atoms with E-state index in [2.05, 4.69) is 29.4 Å². The Labute approximate surface area is 97.4 Å². The number of unbranched alkanes of at least 4 members (excludes halogenated alkanes) is 1. The van der Waals surface area contributed by atoms with Crippen LogP contribution in [0.15, 0.2) is 12.1 Å². The molecule has 1 N–H and O–H groups in total. The summed E-state index contributed by atoms with van der Waals surface area (Å²) in [4.78, 5) is 0. The summed E-state index contributed by atoms with van der Waals surface area (Å²) in [5.74, 6) is 0.843. The SMILES string of the molecule is Cc1ccc(NCCCCOC(C)C)nn1. The van der Waals surface area contributed by atoms with E-state index in [-0.39, 0.29) is 0 Å². The van der Waals surface area contributed by atoms with Crippen LogP contribution in [-0.2, 0) is 4.74 Å². The van der Waals surface area contributed by atoms with Gasteiger partial charge in [0.2, 0.25) is 0 Å². The van der Waals surface area contributed by atoms with Crippen LogP contribution in [0.25, 0.3) is 0 Å². The van der Waals surface area contributed by atoms with E-state index in [1.165, 1.54) is 0 Å². The fourth-order valence-corrected chi connectivity index (χ4v) is 1.26. The average molecular weight is 223 g/mol. The highest BCUT2D eigenvalue weighted by atomic mass is 16.5. The number of ether oxygens (including phenoxy) is 1. The lowest BCUT2D eigenvalue weighted by Gasteiger charge is -2.07. The van der Waals surface area contributed by atoms with Gasteiger partial charge in [-0.1, -0.05) is 0 Å². The van der Waals surface area contributed by atoms with Crippen LogP contribution in [0.3, 0.4) is 0 Å².